The summed E-state index contributed by atoms with van der Waals surface area (Å²) in [4.78, 5) is 12.0. The first kappa shape index (κ1) is 15.4. The van der Waals surface area contributed by atoms with E-state index >= 15 is 0 Å². The van der Waals surface area contributed by atoms with Gasteiger partial charge < -0.3 is 15.8 Å². The maximum absolute atomic E-state index is 13.6. The van der Waals surface area contributed by atoms with Gasteiger partial charge in [-0.1, -0.05) is 6.07 Å². The van der Waals surface area contributed by atoms with Crippen molar-refractivity contribution in [2.75, 3.05) is 13.7 Å². The van der Waals surface area contributed by atoms with Crippen LogP contribution in [0.1, 0.15) is 32.4 Å². The Morgan fingerprint density at radius 2 is 2.16 bits per heavy atom. The van der Waals surface area contributed by atoms with E-state index in [1.54, 1.807) is 32.9 Å². The second kappa shape index (κ2) is 6.02. The first-order chi connectivity index (χ1) is 8.81. The highest BCUT2D eigenvalue weighted by atomic mass is 19.1. The molecule has 0 fully saturated rings. The summed E-state index contributed by atoms with van der Waals surface area (Å²) in [5.41, 5.74) is 5.59. The molecule has 1 atom stereocenters. The first-order valence-electron chi connectivity index (χ1n) is 6.16. The third kappa shape index (κ3) is 3.67. The molecule has 0 saturated carbocycles. The number of carbonyl (C=O) groups is 1. The molecule has 0 saturated heterocycles. The number of halogens is 1. The number of ether oxygens (including phenoxy) is 1. The molecule has 1 amide bonds. The third-order valence-corrected chi connectivity index (χ3v) is 3.15. The van der Waals surface area contributed by atoms with Crippen molar-refractivity contribution < 1.29 is 13.9 Å². The predicted molar refractivity (Wildman–Crippen MR) is 72.3 cm³/mol. The maximum atomic E-state index is 13.6. The number of carbonyl (C=O) groups excluding carboxylic acids is 1. The number of nitrogens with two attached hydrogens (primary N) is 1. The van der Waals surface area contributed by atoms with Gasteiger partial charge in [-0.15, -0.1) is 0 Å². The van der Waals surface area contributed by atoms with E-state index in [0.29, 0.717) is 5.56 Å². The lowest BCUT2D eigenvalue weighted by Crippen LogP contribution is -2.42. The summed E-state index contributed by atoms with van der Waals surface area (Å²) in [5, 5.41) is 2.83. The number of amides is 1. The highest BCUT2D eigenvalue weighted by molar-refractivity contribution is 5.82. The molecule has 19 heavy (non-hydrogen) atoms. The highest BCUT2D eigenvalue weighted by Crippen LogP contribution is 2.23. The Labute approximate surface area is 113 Å². The third-order valence-electron chi connectivity index (χ3n) is 3.15. The Bertz CT molecular complexity index is 461. The molecule has 4 nitrogen and oxygen atoms in total. The van der Waals surface area contributed by atoms with E-state index in [9.17, 15) is 9.18 Å². The smallest absolute Gasteiger partial charge is 0.227 e. The van der Waals surface area contributed by atoms with Gasteiger partial charge in [0.15, 0.2) is 11.6 Å². The first-order valence-corrected chi connectivity index (χ1v) is 6.16. The number of rotatable bonds is 5. The van der Waals surface area contributed by atoms with Gasteiger partial charge in [0.2, 0.25) is 5.91 Å². The van der Waals surface area contributed by atoms with Gasteiger partial charge in [-0.25, -0.2) is 4.39 Å². The minimum atomic E-state index is -0.640. The fourth-order valence-electron chi connectivity index (χ4n) is 1.52. The van der Waals surface area contributed by atoms with E-state index in [2.05, 4.69) is 5.32 Å². The zero-order valence-electron chi connectivity index (χ0n) is 11.8. The van der Waals surface area contributed by atoms with E-state index in [4.69, 9.17) is 10.5 Å². The van der Waals surface area contributed by atoms with Gasteiger partial charge >= 0.3 is 0 Å². The van der Waals surface area contributed by atoms with Crippen molar-refractivity contribution in [2.24, 2.45) is 11.1 Å². The molecule has 0 aliphatic heterocycles. The maximum Gasteiger partial charge on any atom is 0.227 e. The number of hydrogen-bond donors (Lipinski definition) is 2. The minimum Gasteiger partial charge on any atom is -0.494 e. The minimum absolute atomic E-state index is 0.154. The van der Waals surface area contributed by atoms with Crippen LogP contribution < -0.4 is 15.8 Å². The standard InChI is InChI=1S/C14H21FN2O2/c1-9(17-13(18)14(2,3)8-16)10-5-6-12(19-4)11(15)7-10/h5-7,9H,8,16H2,1-4H3,(H,17,18). The Hall–Kier alpha value is -1.62. The number of methoxy groups -OCH3 is 1. The van der Waals surface area contributed by atoms with E-state index in [-0.39, 0.29) is 24.2 Å². The largest absolute Gasteiger partial charge is 0.494 e. The normalized spacial score (nSPS) is 12.9. The lowest BCUT2D eigenvalue weighted by molar-refractivity contribution is -0.129. The predicted octanol–water partition coefficient (Wildman–Crippen LogP) is 2.00. The lowest BCUT2D eigenvalue weighted by Gasteiger charge is -2.24. The molecular formula is C14H21FN2O2. The van der Waals surface area contributed by atoms with Crippen molar-refractivity contribution in [3.05, 3.63) is 29.6 Å². The molecular weight excluding hydrogens is 247 g/mol. The molecule has 3 N–H and O–H groups in total. The van der Waals surface area contributed by atoms with Crippen molar-refractivity contribution in [3.8, 4) is 5.75 Å². The van der Waals surface area contributed by atoms with Crippen LogP contribution in [0, 0.1) is 11.2 Å². The van der Waals surface area contributed by atoms with Crippen LogP contribution in [0.2, 0.25) is 0 Å². The second-order valence-electron chi connectivity index (χ2n) is 5.18. The number of nitrogens with one attached hydrogen (secondary N) is 1. The summed E-state index contributed by atoms with van der Waals surface area (Å²) in [6, 6.07) is 4.34. The van der Waals surface area contributed by atoms with Crippen LogP contribution >= 0.6 is 0 Å². The van der Waals surface area contributed by atoms with E-state index in [1.165, 1.54) is 13.2 Å². The van der Waals surface area contributed by atoms with Crippen molar-refractivity contribution in [3.63, 3.8) is 0 Å². The summed E-state index contributed by atoms with van der Waals surface area (Å²) < 4.78 is 18.4. The number of hydrogen-bond acceptors (Lipinski definition) is 3. The van der Waals surface area contributed by atoms with Crippen molar-refractivity contribution in [2.45, 2.75) is 26.8 Å². The van der Waals surface area contributed by atoms with Gasteiger partial charge in [0.25, 0.3) is 0 Å². The van der Waals surface area contributed by atoms with Crippen LogP contribution in [0.25, 0.3) is 0 Å². The Morgan fingerprint density at radius 3 is 2.63 bits per heavy atom. The van der Waals surface area contributed by atoms with Gasteiger partial charge in [-0.2, -0.15) is 0 Å². The zero-order valence-corrected chi connectivity index (χ0v) is 11.8. The highest BCUT2D eigenvalue weighted by Gasteiger charge is 2.27. The molecule has 0 aromatic heterocycles. The SMILES string of the molecule is COc1ccc(C(C)NC(=O)C(C)(C)CN)cc1F. The quantitative estimate of drug-likeness (QED) is 0.858. The molecule has 5 heteroatoms. The molecule has 0 aliphatic carbocycles. The van der Waals surface area contributed by atoms with E-state index in [0.717, 1.165) is 0 Å². The lowest BCUT2D eigenvalue weighted by atomic mass is 9.92. The topological polar surface area (TPSA) is 64.3 Å². The zero-order chi connectivity index (χ0) is 14.6. The Morgan fingerprint density at radius 1 is 1.53 bits per heavy atom. The monoisotopic (exact) mass is 268 g/mol. The average Bonchev–Trinajstić information content (AvgIpc) is 2.38. The second-order valence-corrected chi connectivity index (χ2v) is 5.18. The number of benzene rings is 1. The summed E-state index contributed by atoms with van der Waals surface area (Å²) in [6.07, 6.45) is 0. The van der Waals surface area contributed by atoms with Crippen molar-refractivity contribution in [1.29, 1.82) is 0 Å². The van der Waals surface area contributed by atoms with Gasteiger partial charge in [0.05, 0.1) is 18.6 Å². The van der Waals surface area contributed by atoms with E-state index in [1.807, 2.05) is 0 Å². The molecule has 0 spiro atoms. The Kier molecular flexibility index (Phi) is 4.89. The van der Waals surface area contributed by atoms with Crippen LogP contribution in [0.5, 0.6) is 5.75 Å². The molecule has 0 heterocycles. The molecule has 1 unspecified atom stereocenters. The molecule has 0 radical (unpaired) electrons. The fraction of sp³-hybridized carbons (Fsp3) is 0.500. The van der Waals surface area contributed by atoms with Gasteiger partial charge in [-0.05, 0) is 38.5 Å². The van der Waals surface area contributed by atoms with E-state index < -0.39 is 11.2 Å². The molecule has 106 valence electrons. The summed E-state index contributed by atoms with van der Waals surface area (Å²) in [6.45, 7) is 5.58. The average molecular weight is 268 g/mol. The van der Waals surface area contributed by atoms with Crippen molar-refractivity contribution >= 4 is 5.91 Å². The molecule has 0 aliphatic rings. The van der Waals surface area contributed by atoms with Crippen LogP contribution in [-0.2, 0) is 4.79 Å². The van der Waals surface area contributed by atoms with Gasteiger partial charge in [0, 0.05) is 6.54 Å². The summed E-state index contributed by atoms with van der Waals surface area (Å²) >= 11 is 0. The molecule has 0 bridgehead atoms. The Balaban J connectivity index is 2.81. The van der Waals surface area contributed by atoms with Gasteiger partial charge in [0.1, 0.15) is 0 Å². The van der Waals surface area contributed by atoms with Crippen LogP contribution in [0.3, 0.4) is 0 Å². The molecule has 1 aromatic carbocycles. The fourth-order valence-corrected chi connectivity index (χ4v) is 1.52. The molecule has 1 aromatic rings. The van der Waals surface area contributed by atoms with Crippen LogP contribution in [0.15, 0.2) is 18.2 Å². The van der Waals surface area contributed by atoms with Crippen LogP contribution in [0.4, 0.5) is 4.39 Å². The van der Waals surface area contributed by atoms with Crippen molar-refractivity contribution in [1.82, 2.24) is 5.32 Å². The summed E-state index contributed by atoms with van der Waals surface area (Å²) in [5.74, 6) is -0.414. The van der Waals surface area contributed by atoms with Gasteiger partial charge in [-0.3, -0.25) is 4.79 Å². The summed E-state index contributed by atoms with van der Waals surface area (Å²) in [7, 11) is 1.41. The molecule has 1 rings (SSSR count). The van der Waals surface area contributed by atoms with Crippen LogP contribution in [-0.4, -0.2) is 19.6 Å².